The monoisotopic (exact) mass is 220 g/mol. The van der Waals surface area contributed by atoms with Crippen LogP contribution >= 0.6 is 11.8 Å². The lowest BCUT2D eigenvalue weighted by molar-refractivity contribution is 0.654. The molecule has 0 spiro atoms. The molecule has 0 N–H and O–H groups in total. The van der Waals surface area contributed by atoms with Gasteiger partial charge in [-0.2, -0.15) is 0 Å². The third-order valence-corrected chi connectivity index (χ3v) is 4.13. The van der Waals surface area contributed by atoms with Crippen molar-refractivity contribution >= 4 is 22.9 Å². The minimum atomic E-state index is 0.518. The SMILES string of the molecule is Cc1ncnc2c1ncn2C1CCCS1. The molecule has 1 aliphatic rings. The Kier molecular flexibility index (Phi) is 2.12. The second kappa shape index (κ2) is 3.48. The highest BCUT2D eigenvalue weighted by atomic mass is 32.2. The second-order valence-electron chi connectivity index (χ2n) is 3.75. The molecule has 3 rings (SSSR count). The Hall–Kier alpha value is -1.10. The van der Waals surface area contributed by atoms with Crippen molar-refractivity contribution < 1.29 is 0 Å². The lowest BCUT2D eigenvalue weighted by Crippen LogP contribution is -2.01. The van der Waals surface area contributed by atoms with E-state index < -0.39 is 0 Å². The first-order valence-corrected chi connectivity index (χ1v) is 6.17. The van der Waals surface area contributed by atoms with E-state index in [1.807, 2.05) is 25.0 Å². The van der Waals surface area contributed by atoms with E-state index in [2.05, 4.69) is 19.5 Å². The molecule has 1 unspecified atom stereocenters. The van der Waals surface area contributed by atoms with Crippen LogP contribution in [-0.2, 0) is 0 Å². The van der Waals surface area contributed by atoms with Crippen molar-refractivity contribution in [1.29, 1.82) is 0 Å². The van der Waals surface area contributed by atoms with Gasteiger partial charge < -0.3 is 4.57 Å². The summed E-state index contributed by atoms with van der Waals surface area (Å²) in [5, 5.41) is 0.518. The summed E-state index contributed by atoms with van der Waals surface area (Å²) in [6.45, 7) is 1.98. The van der Waals surface area contributed by atoms with Crippen LogP contribution in [0.15, 0.2) is 12.7 Å². The van der Waals surface area contributed by atoms with Crippen LogP contribution in [0.25, 0.3) is 11.2 Å². The molecule has 0 bridgehead atoms. The number of fused-ring (bicyclic) bond motifs is 1. The van der Waals surface area contributed by atoms with Gasteiger partial charge in [-0.05, 0) is 25.5 Å². The fourth-order valence-corrected chi connectivity index (χ4v) is 3.21. The first-order valence-electron chi connectivity index (χ1n) is 5.12. The number of imidazole rings is 1. The molecule has 1 saturated heterocycles. The highest BCUT2D eigenvalue weighted by Crippen LogP contribution is 2.36. The summed E-state index contributed by atoms with van der Waals surface area (Å²) >= 11 is 1.98. The van der Waals surface area contributed by atoms with E-state index in [0.29, 0.717) is 5.37 Å². The number of rotatable bonds is 1. The van der Waals surface area contributed by atoms with Gasteiger partial charge in [-0.25, -0.2) is 15.0 Å². The maximum Gasteiger partial charge on any atom is 0.164 e. The van der Waals surface area contributed by atoms with Gasteiger partial charge in [0.15, 0.2) is 5.65 Å². The van der Waals surface area contributed by atoms with Crippen LogP contribution in [0, 0.1) is 6.92 Å². The van der Waals surface area contributed by atoms with Gasteiger partial charge in [-0.1, -0.05) is 0 Å². The maximum atomic E-state index is 4.39. The topological polar surface area (TPSA) is 43.6 Å². The van der Waals surface area contributed by atoms with Crippen LogP contribution < -0.4 is 0 Å². The van der Waals surface area contributed by atoms with E-state index in [0.717, 1.165) is 16.9 Å². The van der Waals surface area contributed by atoms with Crippen LogP contribution in [0.5, 0.6) is 0 Å². The van der Waals surface area contributed by atoms with E-state index in [-0.39, 0.29) is 0 Å². The first-order chi connectivity index (χ1) is 7.36. The summed E-state index contributed by atoms with van der Waals surface area (Å²) in [4.78, 5) is 12.9. The molecule has 0 saturated carbocycles. The van der Waals surface area contributed by atoms with Crippen molar-refractivity contribution in [2.24, 2.45) is 0 Å². The highest BCUT2D eigenvalue weighted by molar-refractivity contribution is 7.99. The molecule has 1 aliphatic heterocycles. The first kappa shape index (κ1) is 9.15. The molecular formula is C10H12N4S. The van der Waals surface area contributed by atoms with Crippen molar-refractivity contribution in [3.63, 3.8) is 0 Å². The average Bonchev–Trinajstić information content (AvgIpc) is 2.85. The molecule has 78 valence electrons. The predicted octanol–water partition coefficient (Wildman–Crippen LogP) is 2.16. The Labute approximate surface area is 92.1 Å². The van der Waals surface area contributed by atoms with Crippen LogP contribution in [0.2, 0.25) is 0 Å². The van der Waals surface area contributed by atoms with Crippen molar-refractivity contribution in [3.05, 3.63) is 18.3 Å². The molecule has 0 amide bonds. The number of nitrogens with zero attached hydrogens (tertiary/aromatic N) is 4. The highest BCUT2D eigenvalue weighted by Gasteiger charge is 2.20. The Morgan fingerprint density at radius 3 is 3.13 bits per heavy atom. The molecule has 1 fully saturated rings. The molecule has 1 atom stereocenters. The van der Waals surface area contributed by atoms with Crippen LogP contribution in [0.3, 0.4) is 0 Å². The molecule has 0 radical (unpaired) electrons. The van der Waals surface area contributed by atoms with Gasteiger partial charge in [0.2, 0.25) is 0 Å². The lowest BCUT2D eigenvalue weighted by atomic mass is 10.3. The largest absolute Gasteiger partial charge is 0.302 e. The third kappa shape index (κ3) is 1.42. The van der Waals surface area contributed by atoms with Gasteiger partial charge in [0.1, 0.15) is 11.8 Å². The molecular weight excluding hydrogens is 208 g/mol. The third-order valence-electron chi connectivity index (χ3n) is 2.76. The van der Waals surface area contributed by atoms with Crippen LogP contribution in [0.4, 0.5) is 0 Å². The number of hydrogen-bond donors (Lipinski definition) is 0. The number of hydrogen-bond acceptors (Lipinski definition) is 4. The molecule has 2 aromatic heterocycles. The van der Waals surface area contributed by atoms with Gasteiger partial charge in [0.05, 0.1) is 17.4 Å². The summed E-state index contributed by atoms with van der Waals surface area (Å²) in [5.74, 6) is 1.24. The number of thioether (sulfide) groups is 1. The van der Waals surface area contributed by atoms with Crippen molar-refractivity contribution in [3.8, 4) is 0 Å². The zero-order valence-electron chi connectivity index (χ0n) is 8.55. The fraction of sp³-hybridized carbons (Fsp3) is 0.500. The normalized spacial score (nSPS) is 21.3. The molecule has 3 heterocycles. The van der Waals surface area contributed by atoms with Crippen molar-refractivity contribution in [2.45, 2.75) is 25.1 Å². The summed E-state index contributed by atoms with van der Waals surface area (Å²) in [5.41, 5.74) is 2.87. The summed E-state index contributed by atoms with van der Waals surface area (Å²) in [6, 6.07) is 0. The summed E-state index contributed by atoms with van der Waals surface area (Å²) in [7, 11) is 0. The Balaban J connectivity index is 2.15. The summed E-state index contributed by atoms with van der Waals surface area (Å²) < 4.78 is 2.18. The minimum Gasteiger partial charge on any atom is -0.302 e. The zero-order chi connectivity index (χ0) is 10.3. The predicted molar refractivity (Wildman–Crippen MR) is 60.8 cm³/mol. The van der Waals surface area contributed by atoms with Crippen LogP contribution in [-0.4, -0.2) is 25.3 Å². The quantitative estimate of drug-likeness (QED) is 0.738. The Morgan fingerprint density at radius 1 is 1.40 bits per heavy atom. The van der Waals surface area contributed by atoms with Gasteiger partial charge in [0.25, 0.3) is 0 Å². The molecule has 0 aliphatic carbocycles. The molecule has 2 aromatic rings. The molecule has 4 nitrogen and oxygen atoms in total. The standard InChI is InChI=1S/C10H12N4S/c1-7-9-10(12-5-11-7)14(6-13-9)8-3-2-4-15-8/h5-6,8H,2-4H2,1H3. The zero-order valence-corrected chi connectivity index (χ0v) is 9.37. The second-order valence-corrected chi connectivity index (χ2v) is 5.04. The van der Waals surface area contributed by atoms with Gasteiger partial charge in [-0.15, -0.1) is 11.8 Å². The maximum absolute atomic E-state index is 4.39. The smallest absolute Gasteiger partial charge is 0.164 e. The number of aryl methyl sites for hydroxylation is 1. The van der Waals surface area contributed by atoms with Gasteiger partial charge in [0, 0.05) is 0 Å². The summed E-state index contributed by atoms with van der Waals surface area (Å²) in [6.07, 6.45) is 6.03. The minimum absolute atomic E-state index is 0.518. The van der Waals surface area contributed by atoms with Gasteiger partial charge >= 0.3 is 0 Å². The molecule has 5 heteroatoms. The fourth-order valence-electron chi connectivity index (χ4n) is 1.96. The molecule has 15 heavy (non-hydrogen) atoms. The number of aromatic nitrogens is 4. The van der Waals surface area contributed by atoms with Crippen LogP contribution in [0.1, 0.15) is 23.9 Å². The average molecular weight is 220 g/mol. The van der Waals surface area contributed by atoms with E-state index in [9.17, 15) is 0 Å². The molecule has 0 aromatic carbocycles. The van der Waals surface area contributed by atoms with Crippen molar-refractivity contribution in [2.75, 3.05) is 5.75 Å². The van der Waals surface area contributed by atoms with Crippen molar-refractivity contribution in [1.82, 2.24) is 19.5 Å². The Morgan fingerprint density at radius 2 is 2.33 bits per heavy atom. The lowest BCUT2D eigenvalue weighted by Gasteiger charge is -2.10. The van der Waals surface area contributed by atoms with E-state index >= 15 is 0 Å². The van der Waals surface area contributed by atoms with Gasteiger partial charge in [-0.3, -0.25) is 0 Å². The Bertz CT molecular complexity index is 487. The van der Waals surface area contributed by atoms with E-state index in [4.69, 9.17) is 0 Å². The van der Waals surface area contributed by atoms with E-state index in [1.165, 1.54) is 18.6 Å². The van der Waals surface area contributed by atoms with E-state index in [1.54, 1.807) is 6.33 Å².